The van der Waals surface area contributed by atoms with Gasteiger partial charge in [0.25, 0.3) is 5.91 Å². The second kappa shape index (κ2) is 14.5. The van der Waals surface area contributed by atoms with Gasteiger partial charge in [-0.15, -0.1) is 5.06 Å². The molecular formula is C30H39NO8. The van der Waals surface area contributed by atoms with Crippen LogP contribution in [0.3, 0.4) is 0 Å². The largest absolute Gasteiger partial charge is 0.493 e. The van der Waals surface area contributed by atoms with Gasteiger partial charge in [-0.2, -0.15) is 0 Å². The number of benzene rings is 2. The molecule has 0 spiro atoms. The van der Waals surface area contributed by atoms with E-state index in [2.05, 4.69) is 12.0 Å². The van der Waals surface area contributed by atoms with Crippen LogP contribution in [0.15, 0.2) is 24.3 Å². The van der Waals surface area contributed by atoms with Gasteiger partial charge in [0.1, 0.15) is 0 Å². The van der Waals surface area contributed by atoms with E-state index >= 15 is 0 Å². The molecule has 0 saturated carbocycles. The Hall–Kier alpha value is -3.61. The maximum atomic E-state index is 11.9. The molecule has 0 aromatic heterocycles. The Morgan fingerprint density at radius 1 is 0.949 bits per heavy atom. The minimum atomic E-state index is -0.431. The molecule has 0 bridgehead atoms. The van der Waals surface area contributed by atoms with Gasteiger partial charge in [0, 0.05) is 30.4 Å². The molecule has 1 N–H and O–H groups in total. The maximum absolute atomic E-state index is 11.9. The summed E-state index contributed by atoms with van der Waals surface area (Å²) >= 11 is 0. The van der Waals surface area contributed by atoms with Crippen LogP contribution in [0.4, 0.5) is 0 Å². The average Bonchev–Trinajstić information content (AvgIpc) is 3.45. The first-order valence-electron chi connectivity index (χ1n) is 13.2. The van der Waals surface area contributed by atoms with Gasteiger partial charge in [-0.3, -0.25) is 10.0 Å². The van der Waals surface area contributed by atoms with Gasteiger partial charge < -0.3 is 28.4 Å². The molecule has 39 heavy (non-hydrogen) atoms. The summed E-state index contributed by atoms with van der Waals surface area (Å²) in [6.45, 7) is 4.93. The average molecular weight is 542 g/mol. The number of amides is 1. The van der Waals surface area contributed by atoms with Crippen LogP contribution in [0.2, 0.25) is 0 Å². The lowest BCUT2D eigenvalue weighted by molar-refractivity contribution is -0.151. The summed E-state index contributed by atoms with van der Waals surface area (Å²) in [6, 6.07) is 10.4. The summed E-state index contributed by atoms with van der Waals surface area (Å²) in [5.74, 6) is 5.47. The fourth-order valence-corrected chi connectivity index (χ4v) is 4.54. The lowest BCUT2D eigenvalue weighted by atomic mass is 9.91. The first-order valence-corrected chi connectivity index (χ1v) is 13.2. The molecule has 1 aliphatic heterocycles. The number of carbonyl (C=O) groups is 1. The summed E-state index contributed by atoms with van der Waals surface area (Å²) in [6.07, 6.45) is 2.53. The first-order chi connectivity index (χ1) is 18.9. The van der Waals surface area contributed by atoms with Crippen LogP contribution in [0.1, 0.15) is 68.2 Å². The van der Waals surface area contributed by atoms with Crippen molar-refractivity contribution >= 4 is 5.91 Å². The van der Waals surface area contributed by atoms with Crippen molar-refractivity contribution in [1.29, 1.82) is 0 Å². The van der Waals surface area contributed by atoms with Crippen LogP contribution in [0.5, 0.6) is 28.7 Å². The molecule has 1 amide bonds. The Bertz CT molecular complexity index is 1160. The van der Waals surface area contributed by atoms with E-state index in [9.17, 15) is 10.0 Å². The molecule has 2 unspecified atom stereocenters. The van der Waals surface area contributed by atoms with Gasteiger partial charge in [-0.1, -0.05) is 25.8 Å². The van der Waals surface area contributed by atoms with Crippen molar-refractivity contribution in [3.05, 3.63) is 41.0 Å². The molecule has 2 aromatic rings. The topological polar surface area (TPSA) is 95.9 Å². The van der Waals surface area contributed by atoms with Crippen LogP contribution in [0, 0.1) is 12.0 Å². The molecule has 1 heterocycles. The summed E-state index contributed by atoms with van der Waals surface area (Å²) in [5, 5.41) is 10.4. The van der Waals surface area contributed by atoms with Crippen LogP contribution >= 0.6 is 0 Å². The number of rotatable bonds is 12. The molecule has 2 atom stereocenters. The molecule has 1 saturated heterocycles. The second-order valence-electron chi connectivity index (χ2n) is 9.19. The maximum Gasteiger partial charge on any atom is 0.258 e. The zero-order valence-corrected chi connectivity index (χ0v) is 23.7. The minimum Gasteiger partial charge on any atom is -0.493 e. The Kier molecular flexibility index (Phi) is 11.1. The lowest BCUT2D eigenvalue weighted by Gasteiger charge is -2.18. The number of methoxy groups -OCH3 is 4. The Labute approximate surface area is 230 Å². The number of hydroxylamine groups is 2. The van der Waals surface area contributed by atoms with Gasteiger partial charge >= 0.3 is 0 Å². The predicted molar refractivity (Wildman–Crippen MR) is 146 cm³/mol. The van der Waals surface area contributed by atoms with Gasteiger partial charge in [-0.05, 0) is 48.6 Å². The van der Waals surface area contributed by atoms with E-state index in [0.717, 1.165) is 29.5 Å². The number of hydrogen-bond donors (Lipinski definition) is 1. The number of hydrogen-bond acceptors (Lipinski definition) is 8. The highest BCUT2D eigenvalue weighted by atomic mass is 16.5. The van der Waals surface area contributed by atoms with Crippen LogP contribution in [-0.4, -0.2) is 57.8 Å². The van der Waals surface area contributed by atoms with E-state index in [1.54, 1.807) is 28.4 Å². The smallest absolute Gasteiger partial charge is 0.258 e. The van der Waals surface area contributed by atoms with E-state index in [1.165, 1.54) is 0 Å². The Morgan fingerprint density at radius 3 is 2.18 bits per heavy atom. The normalized spacial score (nSPS) is 16.2. The van der Waals surface area contributed by atoms with E-state index < -0.39 is 5.91 Å². The van der Waals surface area contributed by atoms with Crippen molar-refractivity contribution in [2.45, 2.75) is 58.0 Å². The molecule has 3 rings (SSSR count). The Balaban J connectivity index is 1.89. The van der Waals surface area contributed by atoms with Gasteiger partial charge in [0.2, 0.25) is 5.75 Å². The molecule has 0 aliphatic carbocycles. The van der Waals surface area contributed by atoms with Crippen molar-refractivity contribution in [3.8, 4) is 40.7 Å². The molecule has 1 fully saturated rings. The molecule has 212 valence electrons. The van der Waals surface area contributed by atoms with E-state index in [1.807, 2.05) is 38.1 Å². The summed E-state index contributed by atoms with van der Waals surface area (Å²) in [4.78, 5) is 11.9. The fraction of sp³-hybridized carbons (Fsp3) is 0.500. The van der Waals surface area contributed by atoms with Gasteiger partial charge in [0.15, 0.2) is 23.0 Å². The zero-order chi connectivity index (χ0) is 28.4. The highest BCUT2D eigenvalue weighted by molar-refractivity contribution is 5.76. The van der Waals surface area contributed by atoms with Crippen molar-refractivity contribution in [3.63, 3.8) is 0 Å². The zero-order valence-electron chi connectivity index (χ0n) is 23.7. The lowest BCUT2D eigenvalue weighted by Crippen LogP contribution is -2.21. The third-order valence-corrected chi connectivity index (χ3v) is 6.52. The number of ether oxygens (including phenoxy) is 6. The highest BCUT2D eigenvalue weighted by Crippen LogP contribution is 2.46. The monoisotopic (exact) mass is 541 g/mol. The number of nitrogens with zero attached hydrogens (tertiary/aromatic N) is 1. The highest BCUT2D eigenvalue weighted by Gasteiger charge is 2.31. The van der Waals surface area contributed by atoms with Crippen LogP contribution < -0.4 is 23.7 Å². The van der Waals surface area contributed by atoms with Crippen molar-refractivity contribution < 1.29 is 38.4 Å². The van der Waals surface area contributed by atoms with Crippen molar-refractivity contribution in [1.82, 2.24) is 5.06 Å². The van der Waals surface area contributed by atoms with Crippen molar-refractivity contribution in [2.75, 3.05) is 41.7 Å². The molecule has 9 nitrogen and oxygen atoms in total. The summed E-state index contributed by atoms with van der Waals surface area (Å²) in [5.41, 5.74) is 2.79. The van der Waals surface area contributed by atoms with Gasteiger partial charge in [-0.25, -0.2) is 0 Å². The fourth-order valence-electron chi connectivity index (χ4n) is 4.54. The van der Waals surface area contributed by atoms with Crippen molar-refractivity contribution in [2.24, 2.45) is 0 Å². The molecular weight excluding hydrogens is 502 g/mol. The summed E-state index contributed by atoms with van der Waals surface area (Å²) < 4.78 is 34.4. The molecule has 0 radical (unpaired) electrons. The quantitative estimate of drug-likeness (QED) is 0.168. The van der Waals surface area contributed by atoms with E-state index in [0.29, 0.717) is 53.4 Å². The minimum absolute atomic E-state index is 0.0930. The van der Waals surface area contributed by atoms with E-state index in [4.69, 9.17) is 28.4 Å². The SMILES string of the molecule is CCCOc1c(CC#CN(O)C(=O)CCC)cc(C2COC(c3cc(OC)c(OC)c(OC)c3)C2)cc1OC. The van der Waals surface area contributed by atoms with E-state index in [-0.39, 0.29) is 24.9 Å². The summed E-state index contributed by atoms with van der Waals surface area (Å²) in [7, 11) is 6.37. The third kappa shape index (κ3) is 7.28. The van der Waals surface area contributed by atoms with Crippen LogP contribution in [0.25, 0.3) is 0 Å². The number of carbonyl (C=O) groups excluding carboxylic acids is 1. The first kappa shape index (κ1) is 29.9. The Morgan fingerprint density at radius 2 is 1.59 bits per heavy atom. The molecule has 9 heteroatoms. The molecule has 1 aliphatic rings. The standard InChI is InChI=1S/C30H39NO8/c1-7-10-28(32)31(33)12-9-11-20-14-21(15-25(34-3)29(20)38-13-8-2)23-18-24(39-19-23)22-16-26(35-4)30(37-6)27(17-22)36-5/h14-17,23-24,33H,7-8,10-11,13,18-19H2,1-6H3. The molecule has 2 aromatic carbocycles. The van der Waals surface area contributed by atoms with Gasteiger partial charge in [0.05, 0.1) is 47.8 Å². The second-order valence-corrected chi connectivity index (χ2v) is 9.19. The predicted octanol–water partition coefficient (Wildman–Crippen LogP) is 5.28. The van der Waals surface area contributed by atoms with Crippen LogP contribution in [-0.2, 0) is 16.0 Å². The third-order valence-electron chi connectivity index (χ3n) is 6.52.